The molecule has 0 heterocycles. The molecule has 2 atom stereocenters. The lowest BCUT2D eigenvalue weighted by Gasteiger charge is -2.15. The first-order valence-electron chi connectivity index (χ1n) is 10.1. The maximum absolute atomic E-state index is 5.68. The van der Waals surface area contributed by atoms with E-state index < -0.39 is 0 Å². The molecule has 4 nitrogen and oxygen atoms in total. The van der Waals surface area contributed by atoms with Crippen molar-refractivity contribution in [3.8, 4) is 11.5 Å². The first-order chi connectivity index (χ1) is 13.1. The predicted octanol–water partition coefficient (Wildman–Crippen LogP) is 6.30. The number of hydrogen-bond donors (Lipinski definition) is 2. The molecule has 0 bridgehead atoms. The van der Waals surface area contributed by atoms with Crippen LogP contribution in [-0.2, 0) is 0 Å². The van der Waals surface area contributed by atoms with Gasteiger partial charge in [-0.3, -0.25) is 0 Å². The zero-order chi connectivity index (χ0) is 19.5. The van der Waals surface area contributed by atoms with Crippen LogP contribution in [0, 0.1) is 0 Å². The molecule has 0 aliphatic rings. The Morgan fingerprint density at radius 3 is 1.37 bits per heavy atom. The first kappa shape index (κ1) is 20.9. The van der Waals surface area contributed by atoms with E-state index in [0.717, 1.165) is 35.7 Å². The van der Waals surface area contributed by atoms with Crippen molar-refractivity contribution in [1.29, 1.82) is 0 Å². The Morgan fingerprint density at radius 1 is 0.667 bits per heavy atom. The second kappa shape index (κ2) is 11.4. The van der Waals surface area contributed by atoms with Crippen LogP contribution >= 0.6 is 0 Å². The van der Waals surface area contributed by atoms with Gasteiger partial charge in [-0.1, -0.05) is 26.7 Å². The van der Waals surface area contributed by atoms with Crippen molar-refractivity contribution in [2.24, 2.45) is 0 Å². The highest BCUT2D eigenvalue weighted by Crippen LogP contribution is 2.19. The molecular formula is C23H34N2O2. The minimum Gasteiger partial charge on any atom is -0.458 e. The van der Waals surface area contributed by atoms with Crippen LogP contribution in [0.3, 0.4) is 0 Å². The lowest BCUT2D eigenvalue weighted by Crippen LogP contribution is -2.14. The van der Waals surface area contributed by atoms with Gasteiger partial charge in [0.2, 0.25) is 6.79 Å². The minimum absolute atomic E-state index is 0.192. The Balaban J connectivity index is 1.74. The largest absolute Gasteiger partial charge is 0.458 e. The van der Waals surface area contributed by atoms with Gasteiger partial charge in [-0.15, -0.1) is 0 Å². The first-order valence-corrected chi connectivity index (χ1v) is 10.1. The van der Waals surface area contributed by atoms with E-state index in [9.17, 15) is 0 Å². The maximum atomic E-state index is 5.68. The van der Waals surface area contributed by atoms with Crippen molar-refractivity contribution >= 4 is 11.4 Å². The highest BCUT2D eigenvalue weighted by Gasteiger charge is 2.03. The van der Waals surface area contributed by atoms with Gasteiger partial charge in [0, 0.05) is 23.5 Å². The fourth-order valence-electron chi connectivity index (χ4n) is 3.04. The van der Waals surface area contributed by atoms with Crippen molar-refractivity contribution in [2.75, 3.05) is 17.4 Å². The molecule has 0 aliphatic heterocycles. The topological polar surface area (TPSA) is 42.5 Å². The quantitative estimate of drug-likeness (QED) is 0.430. The van der Waals surface area contributed by atoms with Crippen molar-refractivity contribution in [3.05, 3.63) is 48.5 Å². The highest BCUT2D eigenvalue weighted by molar-refractivity contribution is 5.47. The second-order valence-electron chi connectivity index (χ2n) is 7.12. The fourth-order valence-corrected chi connectivity index (χ4v) is 3.04. The highest BCUT2D eigenvalue weighted by atomic mass is 16.7. The molecule has 2 aromatic rings. The normalized spacial score (nSPS) is 12.9. The third kappa shape index (κ3) is 7.81. The Hall–Kier alpha value is -2.36. The van der Waals surface area contributed by atoms with Gasteiger partial charge in [0.25, 0.3) is 0 Å². The van der Waals surface area contributed by atoms with Crippen molar-refractivity contribution in [2.45, 2.75) is 65.5 Å². The summed E-state index contributed by atoms with van der Waals surface area (Å²) in [6.45, 7) is 9.00. The SMILES string of the molecule is CCCC(C)Nc1ccc(OCOc2ccc(NC(C)CCC)cc2)cc1. The van der Waals surface area contributed by atoms with E-state index in [1.54, 1.807) is 0 Å². The number of anilines is 2. The lowest BCUT2D eigenvalue weighted by molar-refractivity contribution is 0.120. The standard InChI is InChI=1S/C23H34N2O2/c1-5-7-18(3)24-20-9-13-22(14-10-20)26-17-27-23-15-11-21(12-16-23)25-19(4)8-6-2/h9-16,18-19,24-25H,5-8,17H2,1-4H3. The molecule has 4 heteroatoms. The zero-order valence-electron chi connectivity index (χ0n) is 17.1. The predicted molar refractivity (Wildman–Crippen MR) is 115 cm³/mol. The van der Waals surface area contributed by atoms with Crippen LogP contribution in [0.1, 0.15) is 53.4 Å². The lowest BCUT2D eigenvalue weighted by atomic mass is 10.2. The van der Waals surface area contributed by atoms with Crippen LogP contribution in [-0.4, -0.2) is 18.9 Å². The number of hydrogen-bond acceptors (Lipinski definition) is 4. The molecule has 0 spiro atoms. The summed E-state index contributed by atoms with van der Waals surface area (Å²) in [4.78, 5) is 0. The average Bonchev–Trinajstić information content (AvgIpc) is 2.65. The van der Waals surface area contributed by atoms with Crippen molar-refractivity contribution in [3.63, 3.8) is 0 Å². The van der Waals surface area contributed by atoms with Gasteiger partial charge in [-0.25, -0.2) is 0 Å². The minimum atomic E-state index is 0.192. The van der Waals surface area contributed by atoms with Gasteiger partial charge in [-0.05, 0) is 75.2 Å². The van der Waals surface area contributed by atoms with Crippen LogP contribution in [0.2, 0.25) is 0 Å². The summed E-state index contributed by atoms with van der Waals surface area (Å²) in [5.74, 6) is 1.60. The Morgan fingerprint density at radius 2 is 1.04 bits per heavy atom. The molecule has 27 heavy (non-hydrogen) atoms. The summed E-state index contributed by atoms with van der Waals surface area (Å²) >= 11 is 0. The molecule has 0 aliphatic carbocycles. The Labute approximate surface area is 164 Å². The third-order valence-electron chi connectivity index (χ3n) is 4.43. The van der Waals surface area contributed by atoms with Crippen molar-refractivity contribution < 1.29 is 9.47 Å². The molecule has 2 rings (SSSR count). The van der Waals surface area contributed by atoms with Gasteiger partial charge in [0.05, 0.1) is 0 Å². The van der Waals surface area contributed by atoms with Crippen LogP contribution < -0.4 is 20.1 Å². The number of ether oxygens (including phenoxy) is 2. The van der Waals surface area contributed by atoms with Gasteiger partial charge in [0.1, 0.15) is 11.5 Å². The number of benzene rings is 2. The summed E-state index contributed by atoms with van der Waals surface area (Å²) in [5, 5.41) is 6.97. The summed E-state index contributed by atoms with van der Waals surface area (Å²) < 4.78 is 11.4. The summed E-state index contributed by atoms with van der Waals surface area (Å²) in [7, 11) is 0. The van der Waals surface area contributed by atoms with Crippen molar-refractivity contribution in [1.82, 2.24) is 0 Å². The number of rotatable bonds is 12. The summed E-state index contributed by atoms with van der Waals surface area (Å²) in [5.41, 5.74) is 2.23. The third-order valence-corrected chi connectivity index (χ3v) is 4.43. The van der Waals surface area contributed by atoms with Crippen LogP contribution in [0.4, 0.5) is 11.4 Å². The Bertz CT molecular complexity index is 583. The maximum Gasteiger partial charge on any atom is 0.230 e. The van der Waals surface area contributed by atoms with E-state index in [-0.39, 0.29) is 6.79 Å². The van der Waals surface area contributed by atoms with E-state index in [2.05, 4.69) is 38.3 Å². The molecule has 0 fully saturated rings. The molecular weight excluding hydrogens is 336 g/mol. The summed E-state index contributed by atoms with van der Waals surface area (Å²) in [6.07, 6.45) is 4.69. The number of nitrogens with one attached hydrogen (secondary N) is 2. The van der Waals surface area contributed by atoms with Gasteiger partial charge >= 0.3 is 0 Å². The monoisotopic (exact) mass is 370 g/mol. The van der Waals surface area contributed by atoms with E-state index in [1.165, 1.54) is 12.8 Å². The van der Waals surface area contributed by atoms with Crippen LogP contribution in [0.25, 0.3) is 0 Å². The molecule has 2 unspecified atom stereocenters. The fraction of sp³-hybridized carbons (Fsp3) is 0.478. The molecule has 148 valence electrons. The van der Waals surface area contributed by atoms with E-state index in [4.69, 9.17) is 9.47 Å². The molecule has 0 saturated carbocycles. The summed E-state index contributed by atoms with van der Waals surface area (Å²) in [6, 6.07) is 17.0. The molecule has 0 radical (unpaired) electrons. The van der Waals surface area contributed by atoms with Gasteiger partial charge in [0.15, 0.2) is 0 Å². The smallest absolute Gasteiger partial charge is 0.230 e. The van der Waals surface area contributed by atoms with E-state index in [1.807, 2.05) is 48.5 Å². The molecule has 0 aromatic heterocycles. The molecule has 0 saturated heterocycles. The molecule has 2 N–H and O–H groups in total. The average molecular weight is 371 g/mol. The van der Waals surface area contributed by atoms with Crippen LogP contribution in [0.15, 0.2) is 48.5 Å². The van der Waals surface area contributed by atoms with Gasteiger partial charge < -0.3 is 20.1 Å². The van der Waals surface area contributed by atoms with E-state index >= 15 is 0 Å². The molecule has 0 amide bonds. The second-order valence-corrected chi connectivity index (χ2v) is 7.12. The Kier molecular flexibility index (Phi) is 8.82. The van der Waals surface area contributed by atoms with Crippen LogP contribution in [0.5, 0.6) is 11.5 Å². The van der Waals surface area contributed by atoms with Gasteiger partial charge in [-0.2, -0.15) is 0 Å². The molecule has 2 aromatic carbocycles. The zero-order valence-corrected chi connectivity index (χ0v) is 17.1. The van der Waals surface area contributed by atoms with E-state index in [0.29, 0.717) is 12.1 Å².